The van der Waals surface area contributed by atoms with Gasteiger partial charge in [-0.2, -0.15) is 0 Å². The summed E-state index contributed by atoms with van der Waals surface area (Å²) < 4.78 is 0. The van der Waals surface area contributed by atoms with Crippen LogP contribution in [0.25, 0.3) is 0 Å². The van der Waals surface area contributed by atoms with Crippen LogP contribution in [-0.2, 0) is 5.41 Å². The van der Waals surface area contributed by atoms with Crippen LogP contribution in [-0.4, -0.2) is 0 Å². The third-order valence-electron chi connectivity index (χ3n) is 4.42. The molecule has 1 fully saturated rings. The maximum absolute atomic E-state index is 6.57. The van der Waals surface area contributed by atoms with Crippen molar-refractivity contribution in [1.82, 2.24) is 0 Å². The lowest BCUT2D eigenvalue weighted by Crippen LogP contribution is -2.44. The molecule has 2 aromatic carbocycles. The summed E-state index contributed by atoms with van der Waals surface area (Å²) in [5.74, 6) is 0. The molecule has 0 bridgehead atoms. The van der Waals surface area contributed by atoms with E-state index in [2.05, 4.69) is 42.5 Å². The highest BCUT2D eigenvalue weighted by atomic mass is 35.5. The predicted molar refractivity (Wildman–Crippen MR) is 80.4 cm³/mol. The Morgan fingerprint density at radius 2 is 1.58 bits per heavy atom. The van der Waals surface area contributed by atoms with E-state index < -0.39 is 0 Å². The van der Waals surface area contributed by atoms with E-state index in [-0.39, 0.29) is 11.5 Å². The van der Waals surface area contributed by atoms with Gasteiger partial charge in [0.1, 0.15) is 0 Å². The third-order valence-corrected chi connectivity index (χ3v) is 4.67. The summed E-state index contributed by atoms with van der Waals surface area (Å²) >= 11 is 5.95. The van der Waals surface area contributed by atoms with Gasteiger partial charge in [-0.3, -0.25) is 0 Å². The summed E-state index contributed by atoms with van der Waals surface area (Å²) in [7, 11) is 0. The van der Waals surface area contributed by atoms with Crippen LogP contribution in [0.5, 0.6) is 0 Å². The van der Waals surface area contributed by atoms with E-state index in [1.165, 1.54) is 30.4 Å². The van der Waals surface area contributed by atoms with Crippen molar-refractivity contribution >= 4 is 11.6 Å². The lowest BCUT2D eigenvalue weighted by Gasteiger charge is -2.47. The van der Waals surface area contributed by atoms with Gasteiger partial charge in [-0.1, -0.05) is 60.5 Å². The van der Waals surface area contributed by atoms with E-state index in [1.54, 1.807) is 0 Å². The smallest absolute Gasteiger partial charge is 0.0406 e. The van der Waals surface area contributed by atoms with Crippen LogP contribution in [0.2, 0.25) is 5.02 Å². The Balaban J connectivity index is 1.96. The Kier molecular flexibility index (Phi) is 3.34. The minimum Gasteiger partial charge on any atom is -0.323 e. The van der Waals surface area contributed by atoms with Gasteiger partial charge < -0.3 is 5.73 Å². The molecule has 0 heterocycles. The molecule has 98 valence electrons. The fraction of sp³-hybridized carbons (Fsp3) is 0.294. The minimum absolute atomic E-state index is 0.0425. The largest absolute Gasteiger partial charge is 0.323 e. The molecule has 1 unspecified atom stereocenters. The van der Waals surface area contributed by atoms with Gasteiger partial charge in [0.25, 0.3) is 0 Å². The Morgan fingerprint density at radius 3 is 2.11 bits per heavy atom. The van der Waals surface area contributed by atoms with Gasteiger partial charge in [0, 0.05) is 16.5 Å². The maximum atomic E-state index is 6.57. The summed E-state index contributed by atoms with van der Waals surface area (Å²) in [4.78, 5) is 0. The molecular formula is C17H18ClN. The highest BCUT2D eigenvalue weighted by molar-refractivity contribution is 6.30. The van der Waals surface area contributed by atoms with E-state index in [0.29, 0.717) is 0 Å². The first kappa shape index (κ1) is 12.7. The Bertz CT molecular complexity index is 543. The number of nitrogens with two attached hydrogens (primary N) is 1. The van der Waals surface area contributed by atoms with Gasteiger partial charge in [-0.05, 0) is 36.1 Å². The topological polar surface area (TPSA) is 26.0 Å². The fourth-order valence-electron chi connectivity index (χ4n) is 3.10. The van der Waals surface area contributed by atoms with Gasteiger partial charge in [0.15, 0.2) is 0 Å². The molecule has 3 rings (SSSR count). The van der Waals surface area contributed by atoms with Gasteiger partial charge >= 0.3 is 0 Å². The zero-order chi connectivity index (χ0) is 13.3. The Hall–Kier alpha value is -1.31. The van der Waals surface area contributed by atoms with Gasteiger partial charge in [0.05, 0.1) is 0 Å². The fourth-order valence-corrected chi connectivity index (χ4v) is 3.22. The lowest BCUT2D eigenvalue weighted by molar-refractivity contribution is 0.196. The van der Waals surface area contributed by atoms with Crippen LogP contribution in [0.4, 0.5) is 0 Å². The molecule has 1 atom stereocenters. The summed E-state index contributed by atoms with van der Waals surface area (Å²) in [5.41, 5.74) is 9.22. The molecule has 19 heavy (non-hydrogen) atoms. The highest BCUT2D eigenvalue weighted by Gasteiger charge is 2.44. The van der Waals surface area contributed by atoms with Crippen LogP contribution in [0.1, 0.15) is 36.4 Å². The van der Waals surface area contributed by atoms with E-state index in [4.69, 9.17) is 17.3 Å². The van der Waals surface area contributed by atoms with Crippen molar-refractivity contribution < 1.29 is 0 Å². The van der Waals surface area contributed by atoms with Crippen molar-refractivity contribution in [2.24, 2.45) is 5.73 Å². The summed E-state index contributed by atoms with van der Waals surface area (Å²) in [5, 5.41) is 0.762. The molecule has 0 aliphatic heterocycles. The lowest BCUT2D eigenvalue weighted by atomic mass is 9.59. The first-order chi connectivity index (χ1) is 9.22. The van der Waals surface area contributed by atoms with Crippen molar-refractivity contribution in [2.45, 2.75) is 30.7 Å². The molecule has 2 heteroatoms. The molecular weight excluding hydrogens is 254 g/mol. The van der Waals surface area contributed by atoms with Crippen LogP contribution >= 0.6 is 11.6 Å². The number of benzene rings is 2. The van der Waals surface area contributed by atoms with Crippen LogP contribution < -0.4 is 5.73 Å². The molecule has 0 aromatic heterocycles. The second kappa shape index (κ2) is 4.99. The molecule has 1 nitrogen and oxygen atoms in total. The first-order valence-electron chi connectivity index (χ1n) is 6.79. The molecule has 2 aromatic rings. The van der Waals surface area contributed by atoms with Crippen molar-refractivity contribution in [1.29, 1.82) is 0 Å². The molecule has 0 saturated heterocycles. The molecule has 1 aliphatic carbocycles. The van der Waals surface area contributed by atoms with E-state index in [0.717, 1.165) is 5.02 Å². The molecule has 0 radical (unpaired) electrons. The molecule has 2 N–H and O–H groups in total. The van der Waals surface area contributed by atoms with Crippen LogP contribution in [0, 0.1) is 0 Å². The average molecular weight is 272 g/mol. The van der Waals surface area contributed by atoms with E-state index in [1.807, 2.05) is 12.1 Å². The summed E-state index contributed by atoms with van der Waals surface area (Å²) in [6.45, 7) is 0. The monoisotopic (exact) mass is 271 g/mol. The van der Waals surface area contributed by atoms with Crippen molar-refractivity contribution in [2.75, 3.05) is 0 Å². The highest BCUT2D eigenvalue weighted by Crippen LogP contribution is 2.51. The number of halogens is 1. The standard InChI is InChI=1S/C17H18ClN/c18-15-9-7-13(8-10-15)16(19)17(11-4-12-17)14-5-2-1-3-6-14/h1-3,5-10,16H,4,11-12,19H2. The van der Waals surface area contributed by atoms with Gasteiger partial charge in [-0.25, -0.2) is 0 Å². The SMILES string of the molecule is NC(c1ccc(Cl)cc1)C1(c2ccccc2)CCC1. The van der Waals surface area contributed by atoms with Gasteiger partial charge in [-0.15, -0.1) is 0 Å². The maximum Gasteiger partial charge on any atom is 0.0406 e. The molecule has 0 spiro atoms. The minimum atomic E-state index is 0.0425. The second-order valence-electron chi connectivity index (χ2n) is 5.40. The van der Waals surface area contributed by atoms with E-state index in [9.17, 15) is 0 Å². The first-order valence-corrected chi connectivity index (χ1v) is 7.17. The van der Waals surface area contributed by atoms with Gasteiger partial charge in [0.2, 0.25) is 0 Å². The molecule has 0 amide bonds. The van der Waals surface area contributed by atoms with Crippen molar-refractivity contribution in [3.8, 4) is 0 Å². The number of hydrogen-bond acceptors (Lipinski definition) is 1. The summed E-state index contributed by atoms with van der Waals surface area (Å²) in [6, 6.07) is 18.7. The Labute approximate surface area is 119 Å². The zero-order valence-corrected chi connectivity index (χ0v) is 11.6. The average Bonchev–Trinajstić information content (AvgIpc) is 2.39. The summed E-state index contributed by atoms with van der Waals surface area (Å²) in [6.07, 6.45) is 3.60. The van der Waals surface area contributed by atoms with Crippen molar-refractivity contribution in [3.63, 3.8) is 0 Å². The zero-order valence-electron chi connectivity index (χ0n) is 10.9. The predicted octanol–water partition coefficient (Wildman–Crippen LogP) is 4.46. The molecule has 1 saturated carbocycles. The molecule has 1 aliphatic rings. The van der Waals surface area contributed by atoms with Crippen LogP contribution in [0.15, 0.2) is 54.6 Å². The Morgan fingerprint density at radius 1 is 0.947 bits per heavy atom. The van der Waals surface area contributed by atoms with Crippen LogP contribution in [0.3, 0.4) is 0 Å². The number of rotatable bonds is 3. The quantitative estimate of drug-likeness (QED) is 0.876. The van der Waals surface area contributed by atoms with E-state index >= 15 is 0 Å². The van der Waals surface area contributed by atoms with Crippen molar-refractivity contribution in [3.05, 3.63) is 70.7 Å². The normalized spacial score (nSPS) is 18.6. The second-order valence-corrected chi connectivity index (χ2v) is 5.84. The number of hydrogen-bond donors (Lipinski definition) is 1. The third kappa shape index (κ3) is 2.18.